The van der Waals surface area contributed by atoms with Gasteiger partial charge in [-0.2, -0.15) is 0 Å². The van der Waals surface area contributed by atoms with Gasteiger partial charge < -0.3 is 22.1 Å². The van der Waals surface area contributed by atoms with Crippen LogP contribution >= 0.6 is 0 Å². The van der Waals surface area contributed by atoms with Crippen LogP contribution in [-0.4, -0.2) is 38.0 Å². The predicted octanol–water partition coefficient (Wildman–Crippen LogP) is -2.86. The Morgan fingerprint density at radius 1 is 0.833 bits per heavy atom. The molecule has 6 nitrogen and oxygen atoms in total. The first-order valence-corrected chi connectivity index (χ1v) is 3.65. The maximum Gasteiger partial charge on any atom is 0.306 e. The van der Waals surface area contributed by atoms with Crippen molar-refractivity contribution < 1.29 is 9.59 Å². The fraction of sp³-hybridized carbons (Fsp3) is 0.667. The van der Waals surface area contributed by atoms with Crippen molar-refractivity contribution >= 4 is 11.8 Å². The number of rotatable bonds is 0. The first-order chi connectivity index (χ1) is 5.64. The highest BCUT2D eigenvalue weighted by atomic mass is 16.2. The molecule has 0 saturated carbocycles. The number of amides is 2. The summed E-state index contributed by atoms with van der Waals surface area (Å²) in [6.45, 7) is 4.56. The zero-order valence-electron chi connectivity index (χ0n) is 6.80. The highest BCUT2D eigenvalue weighted by Gasteiger charge is 1.96. The average Bonchev–Trinajstić information content (AvgIpc) is 2.08. The fourth-order valence-electron chi connectivity index (χ4n) is 0.604. The van der Waals surface area contributed by atoms with Crippen LogP contribution < -0.4 is 22.1 Å². The summed E-state index contributed by atoms with van der Waals surface area (Å²) in [5.41, 5.74) is 8.64. The summed E-state index contributed by atoms with van der Waals surface area (Å²) in [4.78, 5) is 18.9. The molecule has 6 heteroatoms. The van der Waals surface area contributed by atoms with E-state index < -0.39 is 11.8 Å². The van der Waals surface area contributed by atoms with Gasteiger partial charge in [-0.1, -0.05) is 0 Å². The Morgan fingerprint density at radius 3 is 1.17 bits per heavy atom. The molecule has 0 radical (unpaired) electrons. The number of piperazine rings is 1. The molecule has 6 N–H and O–H groups in total. The molecule has 0 atom stereocenters. The van der Waals surface area contributed by atoms with E-state index in [1.807, 2.05) is 0 Å². The first-order valence-electron chi connectivity index (χ1n) is 3.65. The van der Waals surface area contributed by atoms with Crippen molar-refractivity contribution in [3.8, 4) is 0 Å². The van der Waals surface area contributed by atoms with Gasteiger partial charge in [-0.15, -0.1) is 0 Å². The lowest BCUT2D eigenvalue weighted by atomic mass is 10.4. The van der Waals surface area contributed by atoms with Crippen molar-refractivity contribution in [2.24, 2.45) is 11.5 Å². The minimum Gasteiger partial charge on any atom is -0.361 e. The SMILES string of the molecule is C1CNCCN1.NC(=O)C(N)=O. The largest absolute Gasteiger partial charge is 0.361 e. The number of hydrogen-bond acceptors (Lipinski definition) is 4. The van der Waals surface area contributed by atoms with Crippen molar-refractivity contribution in [3.63, 3.8) is 0 Å². The van der Waals surface area contributed by atoms with Crippen LogP contribution in [0.25, 0.3) is 0 Å². The standard InChI is InChI=1S/C4H10N2.C2H4N2O2/c1-2-6-4-3-5-1;3-1(5)2(4)6/h5-6H,1-4H2;(H2,3,5)(H2,4,6). The minimum absolute atomic E-state index is 1.10. The molecule has 12 heavy (non-hydrogen) atoms. The van der Waals surface area contributed by atoms with Crippen molar-refractivity contribution in [1.29, 1.82) is 0 Å². The Kier molecular flexibility index (Phi) is 5.94. The van der Waals surface area contributed by atoms with E-state index in [9.17, 15) is 9.59 Å². The van der Waals surface area contributed by atoms with Gasteiger partial charge in [-0.05, 0) is 0 Å². The maximum atomic E-state index is 9.45. The van der Waals surface area contributed by atoms with Gasteiger partial charge >= 0.3 is 11.8 Å². The first kappa shape index (κ1) is 10.9. The van der Waals surface area contributed by atoms with Gasteiger partial charge in [0.05, 0.1) is 0 Å². The van der Waals surface area contributed by atoms with E-state index in [-0.39, 0.29) is 0 Å². The van der Waals surface area contributed by atoms with E-state index in [0.29, 0.717) is 0 Å². The third kappa shape index (κ3) is 6.97. The minimum atomic E-state index is -1.10. The van der Waals surface area contributed by atoms with Gasteiger partial charge in [0.1, 0.15) is 0 Å². The zero-order valence-corrected chi connectivity index (χ0v) is 6.80. The van der Waals surface area contributed by atoms with Gasteiger partial charge in [0.2, 0.25) is 0 Å². The van der Waals surface area contributed by atoms with E-state index >= 15 is 0 Å². The molecule has 0 aliphatic carbocycles. The molecule has 1 aliphatic heterocycles. The number of hydrogen-bond donors (Lipinski definition) is 4. The van der Waals surface area contributed by atoms with Crippen molar-refractivity contribution in [2.75, 3.05) is 26.2 Å². The second-order valence-corrected chi connectivity index (χ2v) is 2.23. The molecular weight excluding hydrogens is 160 g/mol. The molecule has 0 spiro atoms. The lowest BCUT2D eigenvalue weighted by molar-refractivity contribution is -0.135. The van der Waals surface area contributed by atoms with Crippen molar-refractivity contribution in [2.45, 2.75) is 0 Å². The maximum absolute atomic E-state index is 9.45. The molecule has 1 heterocycles. The molecule has 1 fully saturated rings. The quantitative estimate of drug-likeness (QED) is 0.296. The van der Waals surface area contributed by atoms with Gasteiger partial charge in [0.25, 0.3) is 0 Å². The molecule has 0 bridgehead atoms. The molecule has 0 aromatic rings. The third-order valence-corrected chi connectivity index (χ3v) is 1.20. The zero-order chi connectivity index (χ0) is 9.40. The van der Waals surface area contributed by atoms with E-state index in [4.69, 9.17) is 0 Å². The van der Waals surface area contributed by atoms with Gasteiger partial charge in [-0.3, -0.25) is 9.59 Å². The lowest BCUT2D eigenvalue weighted by Crippen LogP contribution is -2.39. The van der Waals surface area contributed by atoms with Crippen LogP contribution in [0.4, 0.5) is 0 Å². The topological polar surface area (TPSA) is 110 Å². The average molecular weight is 174 g/mol. The summed E-state index contributed by atoms with van der Waals surface area (Å²) in [5.74, 6) is -2.20. The summed E-state index contributed by atoms with van der Waals surface area (Å²) >= 11 is 0. The third-order valence-electron chi connectivity index (χ3n) is 1.20. The van der Waals surface area contributed by atoms with Gasteiger partial charge in [-0.25, -0.2) is 0 Å². The Hall–Kier alpha value is -1.14. The Morgan fingerprint density at radius 2 is 1.08 bits per heavy atom. The van der Waals surface area contributed by atoms with Gasteiger partial charge in [0, 0.05) is 26.2 Å². The molecule has 0 aromatic heterocycles. The number of carbonyl (C=O) groups is 2. The Balaban J connectivity index is 0.000000202. The van der Waals surface area contributed by atoms with E-state index in [1.165, 1.54) is 0 Å². The second kappa shape index (κ2) is 6.56. The number of carbonyl (C=O) groups excluding carboxylic acids is 2. The highest BCUT2D eigenvalue weighted by Crippen LogP contribution is 1.65. The molecule has 1 aliphatic rings. The molecule has 0 unspecified atom stereocenters. The number of primary amides is 2. The van der Waals surface area contributed by atoms with Crippen molar-refractivity contribution in [1.82, 2.24) is 10.6 Å². The second-order valence-electron chi connectivity index (χ2n) is 2.23. The molecule has 0 aromatic carbocycles. The Labute approximate surface area is 70.7 Å². The van der Waals surface area contributed by atoms with Crippen LogP contribution in [-0.2, 0) is 9.59 Å². The summed E-state index contributed by atoms with van der Waals surface area (Å²) in [7, 11) is 0. The lowest BCUT2D eigenvalue weighted by Gasteiger charge is -2.11. The smallest absolute Gasteiger partial charge is 0.306 e. The fourth-order valence-corrected chi connectivity index (χ4v) is 0.604. The summed E-state index contributed by atoms with van der Waals surface area (Å²) in [5, 5.41) is 6.44. The van der Waals surface area contributed by atoms with Crippen LogP contribution in [0, 0.1) is 0 Å². The molecule has 2 amide bonds. The van der Waals surface area contributed by atoms with Crippen LogP contribution in [0.5, 0.6) is 0 Å². The normalized spacial score (nSPS) is 15.7. The molecule has 1 rings (SSSR count). The Bertz CT molecular complexity index is 132. The molecule has 70 valence electrons. The highest BCUT2D eigenvalue weighted by molar-refractivity contribution is 6.33. The van der Waals surface area contributed by atoms with E-state index in [0.717, 1.165) is 26.2 Å². The molecular formula is C6H14N4O2. The van der Waals surface area contributed by atoms with E-state index in [1.54, 1.807) is 0 Å². The van der Waals surface area contributed by atoms with Crippen LogP contribution in [0.15, 0.2) is 0 Å². The van der Waals surface area contributed by atoms with E-state index in [2.05, 4.69) is 22.1 Å². The predicted molar refractivity (Wildman–Crippen MR) is 44.1 cm³/mol. The van der Waals surface area contributed by atoms with Crippen LogP contribution in [0.3, 0.4) is 0 Å². The summed E-state index contributed by atoms with van der Waals surface area (Å²) in [6.07, 6.45) is 0. The number of nitrogens with two attached hydrogens (primary N) is 2. The van der Waals surface area contributed by atoms with Gasteiger partial charge in [0.15, 0.2) is 0 Å². The summed E-state index contributed by atoms with van der Waals surface area (Å²) < 4.78 is 0. The number of nitrogens with one attached hydrogen (secondary N) is 2. The molecule has 1 saturated heterocycles. The summed E-state index contributed by atoms with van der Waals surface area (Å²) in [6, 6.07) is 0. The monoisotopic (exact) mass is 174 g/mol. The van der Waals surface area contributed by atoms with Crippen LogP contribution in [0.2, 0.25) is 0 Å². The van der Waals surface area contributed by atoms with Crippen LogP contribution in [0.1, 0.15) is 0 Å². The van der Waals surface area contributed by atoms with Crippen molar-refractivity contribution in [3.05, 3.63) is 0 Å².